The van der Waals surface area contributed by atoms with E-state index in [1.54, 1.807) is 36.5 Å². The molecule has 0 saturated carbocycles. The van der Waals surface area contributed by atoms with Gasteiger partial charge in [0.15, 0.2) is 0 Å². The minimum atomic E-state index is -3.81. The van der Waals surface area contributed by atoms with Crippen molar-refractivity contribution < 1.29 is 18.3 Å². The number of halogens is 2. The molecule has 142 valence electrons. The summed E-state index contributed by atoms with van der Waals surface area (Å²) in [6.45, 7) is 2.05. The molecule has 27 heavy (non-hydrogen) atoms. The number of ether oxygens (including phenoxy) is 1. The molecule has 5 nitrogen and oxygen atoms in total. The largest absolute Gasteiger partial charge is 0.437 e. The molecule has 0 unspecified atom stereocenters. The number of aromatic nitrogens is 1. The van der Waals surface area contributed by atoms with Gasteiger partial charge in [0.2, 0.25) is 0 Å². The van der Waals surface area contributed by atoms with Gasteiger partial charge < -0.3 is 9.64 Å². The number of morpholine rings is 1. The van der Waals surface area contributed by atoms with Crippen LogP contribution in [0, 0.1) is 0 Å². The highest BCUT2D eigenvalue weighted by molar-refractivity contribution is 5.98. The van der Waals surface area contributed by atoms with Crippen LogP contribution in [0.5, 0.6) is 0 Å². The normalized spacial score (nSPS) is 22.1. The quantitative estimate of drug-likeness (QED) is 0.830. The maximum Gasteiger partial charge on any atom is 0.437 e. The summed E-state index contributed by atoms with van der Waals surface area (Å²) in [6, 6.07) is 14.3. The molecule has 7 heteroatoms. The number of pyridine rings is 1. The molecule has 0 bridgehead atoms. The fraction of sp³-hybridized carbons (Fsp3) is 0.400. The highest BCUT2D eigenvalue weighted by Crippen LogP contribution is 2.40. The molecule has 2 saturated heterocycles. The molecule has 1 amide bonds. The fourth-order valence-corrected chi connectivity index (χ4v) is 3.78. The number of nitrogens with zero attached hydrogens (tertiary/aromatic N) is 3. The first kappa shape index (κ1) is 18.0. The number of amides is 1. The van der Waals surface area contributed by atoms with E-state index in [1.165, 1.54) is 0 Å². The van der Waals surface area contributed by atoms with E-state index < -0.39 is 17.6 Å². The maximum absolute atomic E-state index is 14.4. The van der Waals surface area contributed by atoms with E-state index in [9.17, 15) is 13.6 Å². The van der Waals surface area contributed by atoms with Gasteiger partial charge in [0.1, 0.15) is 0 Å². The first-order chi connectivity index (χ1) is 13.0. The van der Waals surface area contributed by atoms with E-state index in [4.69, 9.17) is 4.74 Å². The van der Waals surface area contributed by atoms with Crippen molar-refractivity contribution in [1.29, 1.82) is 0 Å². The molecule has 4 rings (SSSR count). The van der Waals surface area contributed by atoms with Crippen LogP contribution in [0.25, 0.3) is 0 Å². The van der Waals surface area contributed by atoms with Crippen LogP contribution in [0.15, 0.2) is 54.7 Å². The molecule has 1 aromatic heterocycles. The average molecular weight is 373 g/mol. The van der Waals surface area contributed by atoms with Gasteiger partial charge in [0.05, 0.1) is 17.8 Å². The monoisotopic (exact) mass is 373 g/mol. The first-order valence-corrected chi connectivity index (χ1v) is 9.05. The van der Waals surface area contributed by atoms with Crippen LogP contribution in [0.1, 0.15) is 18.5 Å². The van der Waals surface area contributed by atoms with Crippen LogP contribution in [0.3, 0.4) is 0 Å². The first-order valence-electron chi connectivity index (χ1n) is 9.05. The summed E-state index contributed by atoms with van der Waals surface area (Å²) in [5, 5.41) is 0. The molecule has 2 fully saturated rings. The van der Waals surface area contributed by atoms with Crippen molar-refractivity contribution in [3.8, 4) is 0 Å². The molecule has 3 heterocycles. The summed E-state index contributed by atoms with van der Waals surface area (Å²) in [6.07, 6.45) is -1.19. The molecule has 0 atom stereocenters. The third-order valence-electron chi connectivity index (χ3n) is 5.23. The van der Waals surface area contributed by atoms with Gasteiger partial charge in [0.25, 0.3) is 0 Å². The van der Waals surface area contributed by atoms with E-state index >= 15 is 0 Å². The third kappa shape index (κ3) is 3.70. The fourth-order valence-electron chi connectivity index (χ4n) is 3.78. The van der Waals surface area contributed by atoms with Crippen molar-refractivity contribution in [2.75, 3.05) is 24.5 Å². The number of anilines is 1. The number of likely N-dealkylation sites (tertiary alicyclic amines) is 1. The number of rotatable bonds is 3. The van der Waals surface area contributed by atoms with Crippen LogP contribution in [-0.4, -0.2) is 47.1 Å². The lowest BCUT2D eigenvalue weighted by Crippen LogP contribution is -2.64. The highest BCUT2D eigenvalue weighted by atomic mass is 19.3. The second kappa shape index (κ2) is 6.98. The summed E-state index contributed by atoms with van der Waals surface area (Å²) >= 11 is 0. The number of alkyl halides is 2. The van der Waals surface area contributed by atoms with E-state index in [0.717, 1.165) is 10.6 Å². The lowest BCUT2D eigenvalue weighted by molar-refractivity contribution is -0.293. The minimum absolute atomic E-state index is 0.142. The molecule has 2 aliphatic heterocycles. The van der Waals surface area contributed by atoms with Gasteiger partial charge in [-0.25, -0.2) is 0 Å². The zero-order chi connectivity index (χ0) is 18.9. The van der Waals surface area contributed by atoms with Crippen molar-refractivity contribution in [2.45, 2.75) is 31.1 Å². The summed E-state index contributed by atoms with van der Waals surface area (Å²) in [7, 11) is 0. The summed E-state index contributed by atoms with van der Waals surface area (Å²) < 4.78 is 33.8. The molecular weight excluding hydrogens is 352 g/mol. The number of hydrogen-bond acceptors (Lipinski definition) is 4. The van der Waals surface area contributed by atoms with Crippen LogP contribution < -0.4 is 4.90 Å². The summed E-state index contributed by atoms with van der Waals surface area (Å²) in [5.74, 6) is -1.30. The molecule has 0 radical (unpaired) electrons. The Morgan fingerprint density at radius 2 is 1.74 bits per heavy atom. The van der Waals surface area contributed by atoms with Crippen molar-refractivity contribution in [1.82, 2.24) is 9.88 Å². The Hall–Kier alpha value is -2.38. The number of carbonyl (C=O) groups excluding carboxylic acids is 1. The Morgan fingerprint density at radius 3 is 2.41 bits per heavy atom. The Bertz CT molecular complexity index is 793. The van der Waals surface area contributed by atoms with Gasteiger partial charge in [0, 0.05) is 31.5 Å². The number of piperidine rings is 1. The third-order valence-corrected chi connectivity index (χ3v) is 5.23. The van der Waals surface area contributed by atoms with Gasteiger partial charge in [-0.1, -0.05) is 24.3 Å². The Balaban J connectivity index is 1.49. The predicted octanol–water partition coefficient (Wildman–Crippen LogP) is 3.07. The molecule has 1 aromatic carbocycles. The predicted molar refractivity (Wildman–Crippen MR) is 96.3 cm³/mol. The minimum Gasteiger partial charge on any atom is -0.304 e. The van der Waals surface area contributed by atoms with Crippen molar-refractivity contribution in [3.05, 3.63) is 60.4 Å². The summed E-state index contributed by atoms with van der Waals surface area (Å²) in [4.78, 5) is 19.9. The number of benzene rings is 1. The number of carbonyl (C=O) groups is 1. The van der Waals surface area contributed by atoms with E-state index in [1.807, 2.05) is 18.2 Å². The maximum atomic E-state index is 14.4. The van der Waals surface area contributed by atoms with Crippen LogP contribution in [0.2, 0.25) is 0 Å². The molecule has 0 N–H and O–H groups in total. The zero-order valence-corrected chi connectivity index (χ0v) is 14.9. The molecule has 1 spiro atoms. The Labute approximate surface area is 156 Å². The van der Waals surface area contributed by atoms with Gasteiger partial charge in [-0.3, -0.25) is 14.7 Å². The van der Waals surface area contributed by atoms with Gasteiger partial charge in [-0.05, 0) is 37.1 Å². The number of hydrogen-bond donors (Lipinski definition) is 0. The number of para-hydroxylation sites is 1. The van der Waals surface area contributed by atoms with Crippen molar-refractivity contribution >= 4 is 11.6 Å². The average Bonchev–Trinajstić information content (AvgIpc) is 2.68. The zero-order valence-electron chi connectivity index (χ0n) is 14.9. The molecule has 0 aliphatic carbocycles. The van der Waals surface area contributed by atoms with Crippen molar-refractivity contribution in [2.24, 2.45) is 0 Å². The molecule has 2 aromatic rings. The molecular formula is C20H21F2N3O2. The lowest BCUT2D eigenvalue weighted by atomic mass is 9.88. The van der Waals surface area contributed by atoms with E-state index in [0.29, 0.717) is 38.2 Å². The van der Waals surface area contributed by atoms with Crippen LogP contribution >= 0.6 is 0 Å². The lowest BCUT2D eigenvalue weighted by Gasteiger charge is -2.48. The van der Waals surface area contributed by atoms with E-state index in [-0.39, 0.29) is 6.54 Å². The molecule has 2 aliphatic rings. The Kier molecular flexibility index (Phi) is 4.65. The Morgan fingerprint density at radius 1 is 1.04 bits per heavy atom. The van der Waals surface area contributed by atoms with Crippen LogP contribution in [0.4, 0.5) is 14.5 Å². The smallest absolute Gasteiger partial charge is 0.304 e. The van der Waals surface area contributed by atoms with Gasteiger partial charge in [-0.15, -0.1) is 0 Å². The highest BCUT2D eigenvalue weighted by Gasteiger charge is 2.57. The van der Waals surface area contributed by atoms with E-state index in [2.05, 4.69) is 9.88 Å². The second-order valence-corrected chi connectivity index (χ2v) is 7.13. The topological polar surface area (TPSA) is 45.7 Å². The summed E-state index contributed by atoms with van der Waals surface area (Å²) in [5.41, 5.74) is 0.388. The van der Waals surface area contributed by atoms with Crippen LogP contribution in [-0.2, 0) is 16.1 Å². The van der Waals surface area contributed by atoms with Gasteiger partial charge in [-0.2, -0.15) is 8.78 Å². The second-order valence-electron chi connectivity index (χ2n) is 7.13. The SMILES string of the molecule is O=C1N(c2ccccc2)CC2(CCN(Cc3ccccn3)CC2)OC1(F)F. The van der Waals surface area contributed by atoms with Gasteiger partial charge >= 0.3 is 12.0 Å². The van der Waals surface area contributed by atoms with Crippen molar-refractivity contribution in [3.63, 3.8) is 0 Å². The standard InChI is InChI=1S/C20H21F2N3O2/c21-20(22)18(26)25(17-7-2-1-3-8-17)15-19(27-20)9-12-24(13-10-19)14-16-6-4-5-11-23-16/h1-8,11H,9-10,12-15H2.